The molecule has 0 bridgehead atoms. The zero-order valence-electron chi connectivity index (χ0n) is 19.2. The maximum Gasteiger partial charge on any atom is 0.330 e. The summed E-state index contributed by atoms with van der Waals surface area (Å²) < 4.78 is 7.70. The molecular formula is C22H18Cl4N4O5S2. The number of thiocyanates is 1. The van der Waals surface area contributed by atoms with Crippen LogP contribution in [0.4, 0.5) is 0 Å². The molecule has 2 aliphatic rings. The SMILES string of the molecule is Cc1onc(-c2ccccc2Cl)c1C(=O)NC1C(=O)N2C1SC(C)(CSC#N)C2C(=O)OCC(Cl)(Cl)Cl. The molecule has 1 aromatic carbocycles. The molecule has 4 atom stereocenters. The Labute approximate surface area is 240 Å². The first-order chi connectivity index (χ1) is 17.4. The molecule has 3 heterocycles. The lowest BCUT2D eigenvalue weighted by Crippen LogP contribution is -2.71. The van der Waals surface area contributed by atoms with Gasteiger partial charge in [0.1, 0.15) is 46.5 Å². The Morgan fingerprint density at radius 3 is 2.73 bits per heavy atom. The first kappa shape index (κ1) is 28.2. The molecule has 9 nitrogen and oxygen atoms in total. The van der Waals surface area contributed by atoms with Crippen molar-refractivity contribution in [3.05, 3.63) is 40.6 Å². The Bertz CT molecular complexity index is 1300. The van der Waals surface area contributed by atoms with Gasteiger partial charge in [0.25, 0.3) is 5.91 Å². The second-order valence-corrected chi connectivity index (χ2v) is 13.8. The number of benzene rings is 1. The predicted molar refractivity (Wildman–Crippen MR) is 143 cm³/mol. The zero-order valence-corrected chi connectivity index (χ0v) is 23.8. The van der Waals surface area contributed by atoms with Gasteiger partial charge >= 0.3 is 5.97 Å². The molecule has 0 spiro atoms. The van der Waals surface area contributed by atoms with Crippen LogP contribution in [0.5, 0.6) is 0 Å². The quantitative estimate of drug-likeness (QED) is 0.204. The van der Waals surface area contributed by atoms with Gasteiger partial charge in [0.2, 0.25) is 9.70 Å². The summed E-state index contributed by atoms with van der Waals surface area (Å²) in [7, 11) is 0. The van der Waals surface area contributed by atoms with Crippen molar-refractivity contribution in [1.82, 2.24) is 15.4 Å². The summed E-state index contributed by atoms with van der Waals surface area (Å²) in [6, 6.07) is 4.86. The first-order valence-electron chi connectivity index (χ1n) is 10.6. The van der Waals surface area contributed by atoms with Crippen LogP contribution in [0, 0.1) is 17.6 Å². The van der Waals surface area contributed by atoms with Crippen LogP contribution < -0.4 is 5.32 Å². The lowest BCUT2D eigenvalue weighted by molar-refractivity contribution is -0.163. The van der Waals surface area contributed by atoms with Gasteiger partial charge in [0, 0.05) is 11.3 Å². The number of alkyl halides is 3. The smallest absolute Gasteiger partial charge is 0.330 e. The van der Waals surface area contributed by atoms with Crippen molar-refractivity contribution in [3.63, 3.8) is 0 Å². The second-order valence-electron chi connectivity index (χ2n) is 8.47. The second kappa shape index (κ2) is 10.8. The van der Waals surface area contributed by atoms with E-state index in [2.05, 4.69) is 10.5 Å². The molecule has 2 fully saturated rings. The topological polar surface area (TPSA) is 126 Å². The molecule has 0 aliphatic carbocycles. The summed E-state index contributed by atoms with van der Waals surface area (Å²) in [6.45, 7) is 2.81. The number of fused-ring (bicyclic) bond motifs is 1. The van der Waals surface area contributed by atoms with Gasteiger partial charge in [-0.05, 0) is 31.7 Å². The van der Waals surface area contributed by atoms with E-state index in [1.807, 2.05) is 5.40 Å². The van der Waals surface area contributed by atoms with Crippen LogP contribution in [0.25, 0.3) is 11.3 Å². The van der Waals surface area contributed by atoms with Crippen LogP contribution >= 0.6 is 69.9 Å². The van der Waals surface area contributed by atoms with Crippen molar-refractivity contribution in [2.45, 2.75) is 39.8 Å². The number of aryl methyl sites for hydroxylation is 1. The highest BCUT2D eigenvalue weighted by molar-refractivity contribution is 8.06. The monoisotopic (exact) mass is 622 g/mol. The Morgan fingerprint density at radius 1 is 1.38 bits per heavy atom. The van der Waals surface area contributed by atoms with E-state index in [4.69, 9.17) is 60.9 Å². The maximum absolute atomic E-state index is 13.3. The fourth-order valence-corrected chi connectivity index (χ4v) is 7.12. The highest BCUT2D eigenvalue weighted by Gasteiger charge is 2.66. The number of carbonyl (C=O) groups excluding carboxylic acids is 3. The van der Waals surface area contributed by atoms with Crippen molar-refractivity contribution in [3.8, 4) is 16.7 Å². The number of β-lactam (4-membered cyclic amide) rings is 1. The predicted octanol–water partition coefficient (Wildman–Crippen LogP) is 4.57. The van der Waals surface area contributed by atoms with E-state index in [-0.39, 0.29) is 22.8 Å². The van der Waals surface area contributed by atoms with Gasteiger partial charge < -0.3 is 19.5 Å². The van der Waals surface area contributed by atoms with Crippen molar-refractivity contribution >= 4 is 87.7 Å². The van der Waals surface area contributed by atoms with E-state index in [1.165, 1.54) is 16.7 Å². The summed E-state index contributed by atoms with van der Waals surface area (Å²) in [6.07, 6.45) is 0. The minimum atomic E-state index is -1.83. The number of ether oxygens (including phenoxy) is 1. The number of halogens is 4. The van der Waals surface area contributed by atoms with Gasteiger partial charge in [-0.1, -0.05) is 69.8 Å². The number of nitrogens with one attached hydrogen (secondary N) is 1. The van der Waals surface area contributed by atoms with E-state index in [0.29, 0.717) is 10.6 Å². The largest absolute Gasteiger partial charge is 0.460 e. The Morgan fingerprint density at radius 2 is 2.08 bits per heavy atom. The molecule has 15 heteroatoms. The van der Waals surface area contributed by atoms with Gasteiger partial charge in [-0.25, -0.2) is 4.79 Å². The normalized spacial score (nSPS) is 24.7. The molecule has 1 N–H and O–H groups in total. The van der Waals surface area contributed by atoms with E-state index in [0.717, 1.165) is 11.8 Å². The lowest BCUT2D eigenvalue weighted by Gasteiger charge is -2.44. The molecule has 2 aliphatic heterocycles. The number of nitrogens with zero attached hydrogens (tertiary/aromatic N) is 3. The van der Waals surface area contributed by atoms with Gasteiger partial charge in [-0.3, -0.25) is 9.59 Å². The molecule has 37 heavy (non-hydrogen) atoms. The molecule has 196 valence electrons. The standard InChI is InChI=1S/C22H18Cl4N4O5S2/c1-10-13(14(29-35-10)11-5-3-4-6-12(11)23)17(31)28-15-18(32)30-16(20(33)34-7-22(24,25)26)21(2,8-36-9-27)37-19(15)30/h3-6,15-16,19H,7-8H2,1-2H3,(H,28,31). The van der Waals surface area contributed by atoms with Crippen LogP contribution in [0.2, 0.25) is 5.02 Å². The van der Waals surface area contributed by atoms with Crippen LogP contribution in [0.3, 0.4) is 0 Å². The lowest BCUT2D eigenvalue weighted by atomic mass is 9.95. The van der Waals surface area contributed by atoms with E-state index in [1.54, 1.807) is 38.1 Å². The third-order valence-electron chi connectivity index (χ3n) is 5.86. The number of rotatable bonds is 7. The fourth-order valence-electron chi connectivity index (χ4n) is 4.23. The zero-order chi connectivity index (χ0) is 27.1. The summed E-state index contributed by atoms with van der Waals surface area (Å²) in [5.41, 5.74) is 0.885. The van der Waals surface area contributed by atoms with Crippen molar-refractivity contribution < 1.29 is 23.6 Å². The minimum absolute atomic E-state index is 0.142. The maximum atomic E-state index is 13.3. The van der Waals surface area contributed by atoms with Crippen LogP contribution in [-0.4, -0.2) is 66.2 Å². The number of hydrogen-bond donors (Lipinski definition) is 1. The molecular weight excluding hydrogens is 606 g/mol. The fraction of sp³-hybridized carbons (Fsp3) is 0.409. The van der Waals surface area contributed by atoms with Gasteiger partial charge in [-0.15, -0.1) is 11.8 Å². The average Bonchev–Trinajstić information content (AvgIpc) is 3.35. The number of esters is 1. The summed E-state index contributed by atoms with van der Waals surface area (Å²) in [5, 5.41) is 17.6. The Balaban J connectivity index is 1.57. The number of hydrogen-bond acceptors (Lipinski definition) is 9. The molecule has 0 saturated carbocycles. The average molecular weight is 624 g/mol. The molecule has 2 saturated heterocycles. The first-order valence-corrected chi connectivity index (χ1v) is 14.0. The van der Waals surface area contributed by atoms with Crippen molar-refractivity contribution in [2.75, 3.05) is 12.4 Å². The highest BCUT2D eigenvalue weighted by atomic mass is 35.6. The van der Waals surface area contributed by atoms with Crippen LogP contribution in [0.1, 0.15) is 23.0 Å². The van der Waals surface area contributed by atoms with Crippen LogP contribution in [0.15, 0.2) is 28.8 Å². The number of nitriles is 1. The molecule has 1 aromatic heterocycles. The van der Waals surface area contributed by atoms with E-state index in [9.17, 15) is 14.4 Å². The van der Waals surface area contributed by atoms with Crippen molar-refractivity contribution in [1.29, 1.82) is 5.26 Å². The number of thioether (sulfide) groups is 2. The Hall–Kier alpha value is -1.81. The molecule has 2 amide bonds. The summed E-state index contributed by atoms with van der Waals surface area (Å²) >= 11 is 25.6. The van der Waals surface area contributed by atoms with Crippen LogP contribution in [-0.2, 0) is 14.3 Å². The minimum Gasteiger partial charge on any atom is -0.460 e. The molecule has 2 aromatic rings. The highest BCUT2D eigenvalue weighted by Crippen LogP contribution is 2.52. The van der Waals surface area contributed by atoms with Gasteiger partial charge in [0.15, 0.2) is 0 Å². The van der Waals surface area contributed by atoms with Gasteiger partial charge in [-0.2, -0.15) is 5.26 Å². The summed E-state index contributed by atoms with van der Waals surface area (Å²) in [5.74, 6) is -1.37. The molecule has 0 radical (unpaired) electrons. The number of amides is 2. The van der Waals surface area contributed by atoms with E-state index < -0.39 is 50.4 Å². The molecule has 4 unspecified atom stereocenters. The molecule has 4 rings (SSSR count). The third kappa shape index (κ3) is 5.51. The van der Waals surface area contributed by atoms with Gasteiger partial charge in [0.05, 0.1) is 9.77 Å². The number of aromatic nitrogens is 1. The number of carbonyl (C=O) groups is 3. The third-order valence-corrected chi connectivity index (χ3v) is 9.22. The Kier molecular flexibility index (Phi) is 8.19. The van der Waals surface area contributed by atoms with Crippen molar-refractivity contribution in [2.24, 2.45) is 0 Å². The van der Waals surface area contributed by atoms with E-state index >= 15 is 0 Å². The summed E-state index contributed by atoms with van der Waals surface area (Å²) in [4.78, 5) is 40.8.